The Labute approximate surface area is 151 Å². The molecule has 1 aromatic rings. The number of hydrogen-bond donors (Lipinski definition) is 1. The van der Waals surface area contributed by atoms with Crippen LogP contribution in [0.15, 0.2) is 18.3 Å². The van der Waals surface area contributed by atoms with Gasteiger partial charge in [-0.05, 0) is 31.9 Å². The smallest absolute Gasteiger partial charge is 0.354 e. The Morgan fingerprint density at radius 2 is 1.85 bits per heavy atom. The molecule has 144 valence electrons. The summed E-state index contributed by atoms with van der Waals surface area (Å²) in [5, 5.41) is 3.13. The molecule has 1 unspecified atom stereocenters. The number of alkyl halides is 3. The third-order valence-electron chi connectivity index (χ3n) is 5.34. The average Bonchev–Trinajstić information content (AvgIpc) is 3.13. The zero-order valence-electron chi connectivity index (χ0n) is 14.9. The van der Waals surface area contributed by atoms with Crippen molar-refractivity contribution in [1.29, 1.82) is 0 Å². The maximum Gasteiger partial charge on any atom is 0.417 e. The van der Waals surface area contributed by atoms with Crippen LogP contribution in [0.5, 0.6) is 0 Å². The number of piperazine rings is 1. The highest BCUT2D eigenvalue weighted by molar-refractivity contribution is 5.81. The second kappa shape index (κ2) is 7.82. The maximum atomic E-state index is 12.6. The third kappa shape index (κ3) is 4.47. The summed E-state index contributed by atoms with van der Waals surface area (Å²) in [6, 6.07) is 2.59. The van der Waals surface area contributed by atoms with Crippen LogP contribution in [0.3, 0.4) is 0 Å². The van der Waals surface area contributed by atoms with Crippen LogP contribution in [0, 0.1) is 0 Å². The summed E-state index contributed by atoms with van der Waals surface area (Å²) in [5.74, 6) is 0.610. The SMILES string of the molecule is CC(C(=O)NC1CCCC1)N1CCN(c2ccc(C(F)(F)F)cn2)CC1. The van der Waals surface area contributed by atoms with Gasteiger partial charge < -0.3 is 10.2 Å². The van der Waals surface area contributed by atoms with E-state index in [1.165, 1.54) is 18.9 Å². The summed E-state index contributed by atoms with van der Waals surface area (Å²) < 4.78 is 37.9. The monoisotopic (exact) mass is 370 g/mol. The van der Waals surface area contributed by atoms with Crippen molar-refractivity contribution in [1.82, 2.24) is 15.2 Å². The van der Waals surface area contributed by atoms with Crippen molar-refractivity contribution in [3.8, 4) is 0 Å². The van der Waals surface area contributed by atoms with Crippen LogP contribution in [0.1, 0.15) is 38.2 Å². The van der Waals surface area contributed by atoms with Crippen LogP contribution in [0.2, 0.25) is 0 Å². The Morgan fingerprint density at radius 1 is 1.19 bits per heavy atom. The Kier molecular flexibility index (Phi) is 5.70. The molecule has 26 heavy (non-hydrogen) atoms. The molecule has 2 fully saturated rings. The van der Waals surface area contributed by atoms with E-state index in [0.717, 1.165) is 25.1 Å². The summed E-state index contributed by atoms with van der Waals surface area (Å²) in [6.45, 7) is 4.55. The molecule has 1 saturated carbocycles. The van der Waals surface area contributed by atoms with E-state index in [-0.39, 0.29) is 11.9 Å². The van der Waals surface area contributed by atoms with Crippen LogP contribution in [-0.4, -0.2) is 54.1 Å². The van der Waals surface area contributed by atoms with Gasteiger partial charge in [-0.25, -0.2) is 4.98 Å². The topological polar surface area (TPSA) is 48.5 Å². The number of anilines is 1. The fourth-order valence-corrected chi connectivity index (χ4v) is 3.64. The summed E-state index contributed by atoms with van der Waals surface area (Å²) in [5.41, 5.74) is -0.739. The molecular formula is C18H25F3N4O. The minimum absolute atomic E-state index is 0.0676. The Balaban J connectivity index is 1.51. The maximum absolute atomic E-state index is 12.6. The number of hydrogen-bond acceptors (Lipinski definition) is 4. The van der Waals surface area contributed by atoms with Crippen LogP contribution >= 0.6 is 0 Å². The number of nitrogens with one attached hydrogen (secondary N) is 1. The van der Waals surface area contributed by atoms with E-state index >= 15 is 0 Å². The molecule has 8 heteroatoms. The summed E-state index contributed by atoms with van der Waals surface area (Å²) in [6.07, 6.45) is 0.986. The minimum atomic E-state index is -4.37. The van der Waals surface area contributed by atoms with E-state index < -0.39 is 11.7 Å². The van der Waals surface area contributed by atoms with Crippen molar-refractivity contribution in [2.24, 2.45) is 0 Å². The second-order valence-corrected chi connectivity index (χ2v) is 7.09. The van der Waals surface area contributed by atoms with Gasteiger partial charge in [0.2, 0.25) is 5.91 Å². The molecule has 1 saturated heterocycles. The molecule has 0 bridgehead atoms. The molecule has 1 atom stereocenters. The standard InChI is InChI=1S/C18H25F3N4O/c1-13(17(26)23-15-4-2-3-5-15)24-8-10-25(11-9-24)16-7-6-14(12-22-16)18(19,20)21/h6-7,12-13,15H,2-5,8-11H2,1H3,(H,23,26). The average molecular weight is 370 g/mol. The van der Waals surface area contributed by atoms with Gasteiger partial charge in [0, 0.05) is 38.4 Å². The van der Waals surface area contributed by atoms with Gasteiger partial charge in [0.05, 0.1) is 11.6 Å². The first kappa shape index (κ1) is 18.9. The van der Waals surface area contributed by atoms with Gasteiger partial charge in [0.15, 0.2) is 0 Å². The summed E-state index contributed by atoms with van der Waals surface area (Å²) >= 11 is 0. The lowest BCUT2D eigenvalue weighted by Crippen LogP contribution is -2.55. The third-order valence-corrected chi connectivity index (χ3v) is 5.34. The predicted octanol–water partition coefficient (Wildman–Crippen LogP) is 2.67. The first-order chi connectivity index (χ1) is 12.3. The molecule has 1 N–H and O–H groups in total. The van der Waals surface area contributed by atoms with Gasteiger partial charge in [-0.1, -0.05) is 12.8 Å². The molecule has 5 nitrogen and oxygen atoms in total. The molecule has 2 aliphatic rings. The lowest BCUT2D eigenvalue weighted by atomic mass is 10.2. The predicted molar refractivity (Wildman–Crippen MR) is 92.9 cm³/mol. The van der Waals surface area contributed by atoms with Crippen molar-refractivity contribution in [3.63, 3.8) is 0 Å². The van der Waals surface area contributed by atoms with Crippen molar-refractivity contribution in [2.75, 3.05) is 31.1 Å². The first-order valence-electron chi connectivity index (χ1n) is 9.17. The molecule has 1 aliphatic carbocycles. The second-order valence-electron chi connectivity index (χ2n) is 7.09. The zero-order chi connectivity index (χ0) is 18.7. The highest BCUT2D eigenvalue weighted by Gasteiger charge is 2.31. The van der Waals surface area contributed by atoms with Crippen LogP contribution in [0.25, 0.3) is 0 Å². The summed E-state index contributed by atoms with van der Waals surface area (Å²) in [7, 11) is 0. The number of nitrogens with zero attached hydrogens (tertiary/aromatic N) is 3. The van der Waals surface area contributed by atoms with E-state index in [1.54, 1.807) is 0 Å². The largest absolute Gasteiger partial charge is 0.417 e. The normalized spacial score (nSPS) is 21.0. The van der Waals surface area contributed by atoms with Crippen molar-refractivity contribution in [2.45, 2.75) is 50.9 Å². The number of halogens is 3. The number of aromatic nitrogens is 1. The molecule has 0 radical (unpaired) electrons. The van der Waals surface area contributed by atoms with Crippen LogP contribution in [0.4, 0.5) is 19.0 Å². The lowest BCUT2D eigenvalue weighted by molar-refractivity contribution is -0.137. The van der Waals surface area contributed by atoms with E-state index in [1.807, 2.05) is 11.8 Å². The quantitative estimate of drug-likeness (QED) is 0.885. The highest BCUT2D eigenvalue weighted by atomic mass is 19.4. The van der Waals surface area contributed by atoms with Crippen molar-refractivity contribution in [3.05, 3.63) is 23.9 Å². The highest BCUT2D eigenvalue weighted by Crippen LogP contribution is 2.29. The van der Waals surface area contributed by atoms with Crippen molar-refractivity contribution < 1.29 is 18.0 Å². The fourth-order valence-electron chi connectivity index (χ4n) is 3.64. The molecule has 3 rings (SSSR count). The van der Waals surface area contributed by atoms with Gasteiger partial charge in [-0.15, -0.1) is 0 Å². The van der Waals surface area contributed by atoms with Gasteiger partial charge in [0.25, 0.3) is 0 Å². The Hall–Kier alpha value is -1.83. The minimum Gasteiger partial charge on any atom is -0.354 e. The van der Waals surface area contributed by atoms with Gasteiger partial charge in [0.1, 0.15) is 5.82 Å². The molecular weight excluding hydrogens is 345 g/mol. The van der Waals surface area contributed by atoms with Gasteiger partial charge in [-0.3, -0.25) is 9.69 Å². The number of carbonyl (C=O) groups is 1. The molecule has 2 heterocycles. The fraction of sp³-hybridized carbons (Fsp3) is 0.667. The molecule has 1 amide bonds. The lowest BCUT2D eigenvalue weighted by Gasteiger charge is -2.38. The van der Waals surface area contributed by atoms with E-state index in [4.69, 9.17) is 0 Å². The van der Waals surface area contributed by atoms with E-state index in [2.05, 4.69) is 15.2 Å². The molecule has 0 aromatic carbocycles. The van der Waals surface area contributed by atoms with Gasteiger partial charge in [-0.2, -0.15) is 13.2 Å². The molecule has 0 spiro atoms. The van der Waals surface area contributed by atoms with E-state index in [9.17, 15) is 18.0 Å². The number of pyridine rings is 1. The molecule has 1 aromatic heterocycles. The Bertz CT molecular complexity index is 606. The first-order valence-corrected chi connectivity index (χ1v) is 9.17. The summed E-state index contributed by atoms with van der Waals surface area (Å²) in [4.78, 5) is 20.4. The van der Waals surface area contributed by atoms with E-state index in [0.29, 0.717) is 38.0 Å². The zero-order valence-corrected chi connectivity index (χ0v) is 14.9. The number of amides is 1. The number of rotatable bonds is 4. The van der Waals surface area contributed by atoms with Crippen LogP contribution < -0.4 is 10.2 Å². The Morgan fingerprint density at radius 3 is 2.38 bits per heavy atom. The number of carbonyl (C=O) groups excluding carboxylic acids is 1. The van der Waals surface area contributed by atoms with Gasteiger partial charge >= 0.3 is 6.18 Å². The van der Waals surface area contributed by atoms with Crippen LogP contribution in [-0.2, 0) is 11.0 Å². The molecule has 1 aliphatic heterocycles. The van der Waals surface area contributed by atoms with Crippen molar-refractivity contribution >= 4 is 11.7 Å².